The standard InChI is InChI=1S/C21H18ClFN4O.C14H11ClFN3.C7H8ClNO.ClH/c1-12-20-18(27(2)26-12)11-17(13-4-6-14(23)7-5-13)25-21(20)24-15-8-9-19(28-3)16(22)10-15;1-8-13-12(19(2)18-8)7-11(17-14(13)15)9-3-5-10(16)6-4-9;1-10-7-3-2-5(9)4-6(7)8;/h4-11H,1-3H3,(H,24,25);3-7H,1-2H3;2-4H,9H2,1H3;1H. The Labute approximate surface area is 354 Å². The third-order valence-corrected chi connectivity index (χ3v) is 9.71. The predicted molar refractivity (Wildman–Crippen MR) is 233 cm³/mol. The van der Waals surface area contributed by atoms with Gasteiger partial charge < -0.3 is 20.5 Å². The Kier molecular flexibility index (Phi) is 14.0. The Morgan fingerprint density at radius 1 is 0.621 bits per heavy atom. The van der Waals surface area contributed by atoms with Crippen molar-refractivity contribution in [2.45, 2.75) is 13.8 Å². The van der Waals surface area contributed by atoms with Crippen molar-refractivity contribution in [1.29, 1.82) is 0 Å². The van der Waals surface area contributed by atoms with Crippen molar-refractivity contribution in [3.05, 3.63) is 135 Å². The van der Waals surface area contributed by atoms with Crippen molar-refractivity contribution in [1.82, 2.24) is 29.5 Å². The molecule has 0 aliphatic rings. The van der Waals surface area contributed by atoms with Crippen LogP contribution in [0.2, 0.25) is 15.2 Å². The van der Waals surface area contributed by atoms with Crippen LogP contribution in [0.15, 0.2) is 97.1 Å². The van der Waals surface area contributed by atoms with E-state index in [2.05, 4.69) is 20.5 Å². The molecule has 0 unspecified atom stereocenters. The van der Waals surface area contributed by atoms with E-state index in [-0.39, 0.29) is 24.0 Å². The largest absolute Gasteiger partial charge is 0.495 e. The summed E-state index contributed by atoms with van der Waals surface area (Å²) in [4.78, 5) is 9.15. The summed E-state index contributed by atoms with van der Waals surface area (Å²) >= 11 is 18.2. The third kappa shape index (κ3) is 9.71. The van der Waals surface area contributed by atoms with Crippen LogP contribution in [0.1, 0.15) is 11.4 Å². The molecule has 8 aromatic rings. The number of hydrogen-bond donors (Lipinski definition) is 2. The monoisotopic (exact) mass is 864 g/mol. The first-order valence-electron chi connectivity index (χ1n) is 17.3. The lowest BCUT2D eigenvalue weighted by molar-refractivity contribution is 0.415. The summed E-state index contributed by atoms with van der Waals surface area (Å²) in [5, 5.41) is 15.4. The quantitative estimate of drug-likeness (QED) is 0.125. The van der Waals surface area contributed by atoms with Gasteiger partial charge in [-0.25, -0.2) is 18.7 Å². The molecular weight excluding hydrogens is 828 g/mol. The minimum absolute atomic E-state index is 0. The van der Waals surface area contributed by atoms with Gasteiger partial charge in [0.1, 0.15) is 34.1 Å². The van der Waals surface area contributed by atoms with E-state index in [0.717, 1.165) is 55.7 Å². The van der Waals surface area contributed by atoms with Crippen molar-refractivity contribution in [2.24, 2.45) is 14.1 Å². The van der Waals surface area contributed by atoms with E-state index in [0.29, 0.717) is 43.9 Å². The zero-order valence-electron chi connectivity index (χ0n) is 32.1. The molecular formula is C42H38Cl4F2N8O2. The normalized spacial score (nSPS) is 10.6. The van der Waals surface area contributed by atoms with Crippen LogP contribution >= 0.6 is 47.2 Å². The first-order valence-corrected chi connectivity index (χ1v) is 18.4. The number of ether oxygens (including phenoxy) is 2. The summed E-state index contributed by atoms with van der Waals surface area (Å²) in [5.41, 5.74) is 13.5. The minimum Gasteiger partial charge on any atom is -0.495 e. The Bertz CT molecular complexity index is 2710. The number of hydrogen-bond acceptors (Lipinski definition) is 8. The van der Waals surface area contributed by atoms with Crippen molar-refractivity contribution < 1.29 is 18.3 Å². The molecule has 0 spiro atoms. The molecule has 3 N–H and O–H groups in total. The van der Waals surface area contributed by atoms with E-state index in [4.69, 9.17) is 55.0 Å². The lowest BCUT2D eigenvalue weighted by Crippen LogP contribution is -1.98. The molecule has 0 bridgehead atoms. The lowest BCUT2D eigenvalue weighted by atomic mass is 10.1. The second-order valence-electron chi connectivity index (χ2n) is 12.7. The van der Waals surface area contributed by atoms with Gasteiger partial charge in [-0.1, -0.05) is 34.8 Å². The maximum atomic E-state index is 13.3. The van der Waals surface area contributed by atoms with Crippen molar-refractivity contribution >= 4 is 86.2 Å². The molecule has 4 aromatic heterocycles. The average molecular weight is 867 g/mol. The van der Waals surface area contributed by atoms with Crippen molar-refractivity contribution in [3.8, 4) is 34.0 Å². The highest BCUT2D eigenvalue weighted by Crippen LogP contribution is 2.34. The highest BCUT2D eigenvalue weighted by Gasteiger charge is 2.16. The number of anilines is 3. The van der Waals surface area contributed by atoms with E-state index in [1.165, 1.54) is 24.3 Å². The van der Waals surface area contributed by atoms with E-state index in [1.54, 1.807) is 73.5 Å². The zero-order valence-corrected chi connectivity index (χ0v) is 35.2. The maximum absolute atomic E-state index is 13.3. The van der Waals surface area contributed by atoms with E-state index in [9.17, 15) is 8.78 Å². The Morgan fingerprint density at radius 3 is 1.59 bits per heavy atom. The molecule has 16 heteroatoms. The number of halogens is 6. The van der Waals surface area contributed by atoms with Gasteiger partial charge in [0.15, 0.2) is 0 Å². The first kappa shape index (κ1) is 43.5. The Morgan fingerprint density at radius 2 is 1.09 bits per heavy atom. The molecule has 0 saturated heterocycles. The Balaban J connectivity index is 0.000000184. The maximum Gasteiger partial charge on any atom is 0.142 e. The molecule has 0 saturated carbocycles. The van der Waals surface area contributed by atoms with Crippen LogP contribution in [0.25, 0.3) is 44.3 Å². The van der Waals surface area contributed by atoms with Crippen LogP contribution in [-0.4, -0.2) is 43.7 Å². The molecule has 0 fully saturated rings. The summed E-state index contributed by atoms with van der Waals surface area (Å²) in [6.45, 7) is 3.83. The first-order chi connectivity index (χ1) is 27.3. The summed E-state index contributed by atoms with van der Waals surface area (Å²) in [5.74, 6) is 1.35. The number of nitrogens with two attached hydrogens (primary N) is 1. The highest BCUT2D eigenvalue weighted by atomic mass is 35.5. The number of aryl methyl sites for hydroxylation is 4. The number of pyridine rings is 2. The second kappa shape index (κ2) is 18.7. The lowest BCUT2D eigenvalue weighted by Gasteiger charge is -2.12. The Hall–Kier alpha value is -5.66. The van der Waals surface area contributed by atoms with Crippen LogP contribution in [0.3, 0.4) is 0 Å². The van der Waals surface area contributed by atoms with E-state index >= 15 is 0 Å². The van der Waals surface area contributed by atoms with Crippen LogP contribution in [-0.2, 0) is 14.1 Å². The fourth-order valence-corrected chi connectivity index (χ4v) is 6.93. The number of rotatable bonds is 6. The summed E-state index contributed by atoms with van der Waals surface area (Å²) in [6.07, 6.45) is 0. The zero-order chi connectivity index (χ0) is 41.0. The van der Waals surface area contributed by atoms with Gasteiger partial charge in [0.05, 0.1) is 68.8 Å². The number of fused-ring (bicyclic) bond motifs is 2. The summed E-state index contributed by atoms with van der Waals surface area (Å²) < 4.78 is 40.0. The topological polar surface area (TPSA) is 118 Å². The minimum atomic E-state index is -0.285. The van der Waals surface area contributed by atoms with Crippen molar-refractivity contribution in [3.63, 3.8) is 0 Å². The molecule has 0 amide bonds. The van der Waals surface area contributed by atoms with E-state index in [1.807, 2.05) is 50.8 Å². The van der Waals surface area contributed by atoms with Crippen LogP contribution < -0.4 is 20.5 Å². The van der Waals surface area contributed by atoms with Gasteiger partial charge in [-0.3, -0.25) is 9.36 Å². The number of aromatic nitrogens is 6. The fourth-order valence-electron chi connectivity index (χ4n) is 6.08. The van der Waals surface area contributed by atoms with Gasteiger partial charge in [0.2, 0.25) is 0 Å². The number of nitrogens with one attached hydrogen (secondary N) is 1. The molecule has 4 aromatic carbocycles. The van der Waals surface area contributed by atoms with Gasteiger partial charge >= 0.3 is 0 Å². The molecule has 0 aliphatic heterocycles. The van der Waals surface area contributed by atoms with Crippen LogP contribution in [0.4, 0.5) is 26.0 Å². The number of benzene rings is 4. The molecule has 4 heterocycles. The van der Waals surface area contributed by atoms with E-state index < -0.39 is 0 Å². The highest BCUT2D eigenvalue weighted by molar-refractivity contribution is 6.34. The molecule has 8 rings (SSSR count). The number of nitrogens with zero attached hydrogens (tertiary/aromatic N) is 6. The van der Waals surface area contributed by atoms with Gasteiger partial charge in [-0.2, -0.15) is 10.2 Å². The third-order valence-electron chi connectivity index (χ3n) is 8.84. The van der Waals surface area contributed by atoms with Gasteiger partial charge in [-0.15, -0.1) is 12.4 Å². The second-order valence-corrected chi connectivity index (χ2v) is 13.9. The summed E-state index contributed by atoms with van der Waals surface area (Å²) in [6, 6.07) is 26.9. The molecule has 300 valence electrons. The fraction of sp³-hybridized carbons (Fsp3) is 0.143. The molecule has 58 heavy (non-hydrogen) atoms. The predicted octanol–water partition coefficient (Wildman–Crippen LogP) is 11.6. The summed E-state index contributed by atoms with van der Waals surface area (Å²) in [7, 11) is 6.89. The smallest absolute Gasteiger partial charge is 0.142 e. The molecule has 0 atom stereocenters. The number of nitrogen functional groups attached to an aromatic ring is 1. The van der Waals surface area contributed by atoms with Gasteiger partial charge in [0.25, 0.3) is 0 Å². The van der Waals surface area contributed by atoms with Gasteiger partial charge in [-0.05, 0) is 111 Å². The van der Waals surface area contributed by atoms with Crippen LogP contribution in [0, 0.1) is 25.5 Å². The molecule has 0 radical (unpaired) electrons. The molecule has 10 nitrogen and oxygen atoms in total. The van der Waals surface area contributed by atoms with Crippen LogP contribution in [0.5, 0.6) is 11.5 Å². The van der Waals surface area contributed by atoms with Crippen molar-refractivity contribution in [2.75, 3.05) is 25.3 Å². The molecule has 0 aliphatic carbocycles. The SMILES string of the molecule is COc1ccc(N)cc1Cl.COc1ccc(Nc2nc(-c3ccc(F)cc3)cc3c2c(C)nn3C)cc1Cl.Cc1nn(C)c2cc(-c3ccc(F)cc3)nc(Cl)c12.Cl. The average Bonchev–Trinajstić information content (AvgIpc) is 3.64. The van der Waals surface area contributed by atoms with Gasteiger partial charge in [0, 0.05) is 36.6 Å². The number of methoxy groups -OCH3 is 2.